The van der Waals surface area contributed by atoms with Gasteiger partial charge in [0.1, 0.15) is 0 Å². The van der Waals surface area contributed by atoms with E-state index in [9.17, 15) is 14.7 Å². The summed E-state index contributed by atoms with van der Waals surface area (Å²) in [5, 5.41) is 12.7. The summed E-state index contributed by atoms with van der Waals surface area (Å²) in [7, 11) is 0. The molecule has 96 valence electrons. The van der Waals surface area contributed by atoms with Gasteiger partial charge in [-0.25, -0.2) is 0 Å². The fraction of sp³-hybridized carbons (Fsp3) is 0.385. The molecule has 0 saturated carbocycles. The fourth-order valence-electron chi connectivity index (χ4n) is 2.23. The maximum Gasteiger partial charge on any atom is 0.221 e. The van der Waals surface area contributed by atoms with Crippen LogP contribution in [0.3, 0.4) is 0 Å². The maximum absolute atomic E-state index is 11.6. The number of benzene rings is 1. The number of carbonyl (C=O) groups excluding carboxylic acids is 2. The SMILES string of the molecule is NC(=O)CCC(=O)N[C@H]1c2ccccc2C[C@H]1O. The van der Waals surface area contributed by atoms with E-state index in [1.54, 1.807) is 0 Å². The minimum absolute atomic E-state index is 0.0241. The number of fused-ring (bicyclic) bond motifs is 1. The van der Waals surface area contributed by atoms with E-state index in [1.807, 2.05) is 24.3 Å². The molecule has 5 nitrogen and oxygen atoms in total. The largest absolute Gasteiger partial charge is 0.390 e. The highest BCUT2D eigenvalue weighted by molar-refractivity contribution is 5.83. The third kappa shape index (κ3) is 2.68. The molecule has 2 amide bonds. The van der Waals surface area contributed by atoms with Crippen LogP contribution in [0.2, 0.25) is 0 Å². The Labute approximate surface area is 105 Å². The summed E-state index contributed by atoms with van der Waals surface area (Å²) in [6.07, 6.45) is 0.00783. The normalized spacial score (nSPS) is 21.4. The molecule has 5 heteroatoms. The standard InChI is InChI=1S/C13H16N2O3/c14-11(17)5-6-12(18)15-13-9-4-2-1-3-8(9)7-10(13)16/h1-4,10,13,16H,5-7H2,(H2,14,17)(H,15,18)/t10-,13+/m1/s1. The molecule has 2 rings (SSSR count). The van der Waals surface area contributed by atoms with Gasteiger partial charge in [-0.3, -0.25) is 9.59 Å². The Morgan fingerprint density at radius 2 is 2.06 bits per heavy atom. The highest BCUT2D eigenvalue weighted by atomic mass is 16.3. The van der Waals surface area contributed by atoms with Crippen LogP contribution in [0.4, 0.5) is 0 Å². The maximum atomic E-state index is 11.6. The lowest BCUT2D eigenvalue weighted by Gasteiger charge is -2.17. The number of primary amides is 1. The van der Waals surface area contributed by atoms with Crippen LogP contribution >= 0.6 is 0 Å². The van der Waals surface area contributed by atoms with Crippen LogP contribution < -0.4 is 11.1 Å². The predicted octanol–water partition coefficient (Wildman–Crippen LogP) is 0.0264. The van der Waals surface area contributed by atoms with Crippen molar-refractivity contribution in [1.29, 1.82) is 0 Å². The second kappa shape index (κ2) is 5.18. The summed E-state index contributed by atoms with van der Waals surface area (Å²) in [4.78, 5) is 22.2. The van der Waals surface area contributed by atoms with Crippen molar-refractivity contribution in [2.45, 2.75) is 31.4 Å². The first-order chi connectivity index (χ1) is 8.58. The van der Waals surface area contributed by atoms with Gasteiger partial charge in [0.05, 0.1) is 12.1 Å². The van der Waals surface area contributed by atoms with Crippen molar-refractivity contribution in [3.05, 3.63) is 35.4 Å². The van der Waals surface area contributed by atoms with Gasteiger partial charge in [0.25, 0.3) is 0 Å². The van der Waals surface area contributed by atoms with Crippen molar-refractivity contribution in [2.24, 2.45) is 5.73 Å². The molecular formula is C13H16N2O3. The van der Waals surface area contributed by atoms with E-state index in [-0.39, 0.29) is 24.8 Å². The van der Waals surface area contributed by atoms with Crippen molar-refractivity contribution >= 4 is 11.8 Å². The van der Waals surface area contributed by atoms with E-state index in [0.717, 1.165) is 11.1 Å². The van der Waals surface area contributed by atoms with Crippen LogP contribution in [0.5, 0.6) is 0 Å². The van der Waals surface area contributed by atoms with Crippen molar-refractivity contribution in [3.63, 3.8) is 0 Å². The Bertz CT molecular complexity index is 473. The molecule has 1 aliphatic carbocycles. The molecular weight excluding hydrogens is 232 g/mol. The summed E-state index contributed by atoms with van der Waals surface area (Å²) in [5.74, 6) is -0.771. The molecule has 1 aromatic rings. The molecule has 0 aliphatic heterocycles. The second-order valence-electron chi connectivity index (χ2n) is 4.48. The van der Waals surface area contributed by atoms with Gasteiger partial charge >= 0.3 is 0 Å². The van der Waals surface area contributed by atoms with Gasteiger partial charge in [0.15, 0.2) is 0 Å². The van der Waals surface area contributed by atoms with E-state index < -0.39 is 12.0 Å². The molecule has 0 aromatic heterocycles. The lowest BCUT2D eigenvalue weighted by atomic mass is 10.1. The number of aliphatic hydroxyl groups excluding tert-OH is 1. The first-order valence-corrected chi connectivity index (χ1v) is 5.91. The van der Waals surface area contributed by atoms with E-state index in [1.165, 1.54) is 0 Å². The van der Waals surface area contributed by atoms with E-state index in [4.69, 9.17) is 5.73 Å². The zero-order chi connectivity index (χ0) is 13.1. The van der Waals surface area contributed by atoms with Crippen molar-refractivity contribution in [2.75, 3.05) is 0 Å². The molecule has 4 N–H and O–H groups in total. The van der Waals surface area contributed by atoms with Gasteiger partial charge in [-0.2, -0.15) is 0 Å². The number of hydrogen-bond acceptors (Lipinski definition) is 3. The Kier molecular flexibility index (Phi) is 3.62. The van der Waals surface area contributed by atoms with Crippen molar-refractivity contribution < 1.29 is 14.7 Å². The van der Waals surface area contributed by atoms with Crippen LogP contribution in [-0.2, 0) is 16.0 Å². The Morgan fingerprint density at radius 3 is 2.78 bits per heavy atom. The number of hydrogen-bond donors (Lipinski definition) is 3. The molecule has 2 atom stereocenters. The molecule has 0 unspecified atom stereocenters. The Morgan fingerprint density at radius 1 is 1.33 bits per heavy atom. The molecule has 0 saturated heterocycles. The molecule has 0 heterocycles. The number of rotatable bonds is 4. The van der Waals surface area contributed by atoms with Gasteiger partial charge in [0.2, 0.25) is 11.8 Å². The van der Waals surface area contributed by atoms with Crippen molar-refractivity contribution in [3.8, 4) is 0 Å². The third-order valence-electron chi connectivity index (χ3n) is 3.12. The number of amides is 2. The lowest BCUT2D eigenvalue weighted by molar-refractivity contribution is -0.126. The fourth-order valence-corrected chi connectivity index (χ4v) is 2.23. The summed E-state index contributed by atoms with van der Waals surface area (Å²) in [6, 6.07) is 7.22. The molecule has 0 fully saturated rings. The summed E-state index contributed by atoms with van der Waals surface area (Å²) in [6.45, 7) is 0. The number of carbonyl (C=O) groups is 2. The van der Waals surface area contributed by atoms with Gasteiger partial charge in [-0.15, -0.1) is 0 Å². The highest BCUT2D eigenvalue weighted by Gasteiger charge is 2.31. The van der Waals surface area contributed by atoms with E-state index >= 15 is 0 Å². The number of nitrogens with two attached hydrogens (primary N) is 1. The second-order valence-corrected chi connectivity index (χ2v) is 4.48. The minimum Gasteiger partial charge on any atom is -0.390 e. The quantitative estimate of drug-likeness (QED) is 0.701. The zero-order valence-corrected chi connectivity index (χ0v) is 9.93. The molecule has 18 heavy (non-hydrogen) atoms. The van der Waals surface area contributed by atoms with E-state index in [2.05, 4.69) is 5.32 Å². The van der Waals surface area contributed by atoms with Gasteiger partial charge < -0.3 is 16.2 Å². The smallest absolute Gasteiger partial charge is 0.221 e. The summed E-state index contributed by atoms with van der Waals surface area (Å²) < 4.78 is 0. The minimum atomic E-state index is -0.611. The lowest BCUT2D eigenvalue weighted by Crippen LogP contribution is -2.34. The van der Waals surface area contributed by atoms with E-state index in [0.29, 0.717) is 6.42 Å². The van der Waals surface area contributed by atoms with Gasteiger partial charge in [0, 0.05) is 19.3 Å². The molecule has 0 bridgehead atoms. The first-order valence-electron chi connectivity index (χ1n) is 5.91. The molecule has 0 spiro atoms. The topological polar surface area (TPSA) is 92.4 Å². The average Bonchev–Trinajstić information content (AvgIpc) is 2.64. The van der Waals surface area contributed by atoms with Gasteiger partial charge in [-0.1, -0.05) is 24.3 Å². The first kappa shape index (κ1) is 12.6. The zero-order valence-electron chi connectivity index (χ0n) is 9.93. The highest BCUT2D eigenvalue weighted by Crippen LogP contribution is 2.31. The van der Waals surface area contributed by atoms with Crippen LogP contribution in [-0.4, -0.2) is 23.0 Å². The predicted molar refractivity (Wildman–Crippen MR) is 65.5 cm³/mol. The van der Waals surface area contributed by atoms with Crippen molar-refractivity contribution in [1.82, 2.24) is 5.32 Å². The Hall–Kier alpha value is -1.88. The van der Waals surface area contributed by atoms with Crippen LogP contribution in [0.25, 0.3) is 0 Å². The monoisotopic (exact) mass is 248 g/mol. The summed E-state index contributed by atoms with van der Waals surface area (Å²) in [5.41, 5.74) is 6.97. The van der Waals surface area contributed by atoms with Gasteiger partial charge in [-0.05, 0) is 11.1 Å². The molecule has 1 aliphatic rings. The van der Waals surface area contributed by atoms with Crippen LogP contribution in [0, 0.1) is 0 Å². The Balaban J connectivity index is 2.01. The molecule has 0 radical (unpaired) electrons. The van der Waals surface area contributed by atoms with Crippen LogP contribution in [0.15, 0.2) is 24.3 Å². The average molecular weight is 248 g/mol. The number of aliphatic hydroxyl groups is 1. The summed E-state index contributed by atoms with van der Waals surface area (Å²) >= 11 is 0. The third-order valence-corrected chi connectivity index (χ3v) is 3.12. The number of nitrogens with one attached hydrogen (secondary N) is 1. The van der Waals surface area contributed by atoms with Crippen LogP contribution in [0.1, 0.15) is 30.0 Å². The molecule has 1 aromatic carbocycles.